The number of rotatable bonds is 8. The molecule has 0 spiro atoms. The molecule has 2 N–H and O–H groups in total. The van der Waals surface area contributed by atoms with Crippen molar-refractivity contribution in [1.29, 1.82) is 0 Å². The Labute approximate surface area is 213 Å². The molecule has 2 amide bonds. The van der Waals surface area contributed by atoms with Gasteiger partial charge in [-0.2, -0.15) is 8.78 Å². The predicted molar refractivity (Wildman–Crippen MR) is 136 cm³/mol. The lowest BCUT2D eigenvalue weighted by atomic mass is 10.0. The zero-order valence-corrected chi connectivity index (χ0v) is 20.6. The Morgan fingerprint density at radius 1 is 1.03 bits per heavy atom. The van der Waals surface area contributed by atoms with Gasteiger partial charge in [-0.05, 0) is 23.8 Å². The first-order valence-corrected chi connectivity index (χ1v) is 11.8. The van der Waals surface area contributed by atoms with Gasteiger partial charge in [-0.3, -0.25) is 9.59 Å². The molecule has 0 atom stereocenters. The molecule has 1 aromatic heterocycles. The van der Waals surface area contributed by atoms with Crippen molar-refractivity contribution in [1.82, 2.24) is 20.2 Å². The number of piperazine rings is 1. The van der Waals surface area contributed by atoms with Crippen LogP contribution < -0.4 is 20.3 Å². The van der Waals surface area contributed by atoms with Crippen molar-refractivity contribution in [3.63, 3.8) is 0 Å². The summed E-state index contributed by atoms with van der Waals surface area (Å²) < 4.78 is 30.2. The first kappa shape index (κ1) is 25.8. The van der Waals surface area contributed by atoms with Crippen LogP contribution in [0.1, 0.15) is 22.8 Å². The third-order valence-electron chi connectivity index (χ3n) is 6.13. The number of alkyl halides is 2. The van der Waals surface area contributed by atoms with E-state index in [2.05, 4.69) is 25.3 Å². The third kappa shape index (κ3) is 6.29. The molecule has 9 nitrogen and oxygen atoms in total. The van der Waals surface area contributed by atoms with Gasteiger partial charge in [0.25, 0.3) is 5.91 Å². The highest BCUT2D eigenvalue weighted by atomic mass is 19.3. The Kier molecular flexibility index (Phi) is 8.11. The van der Waals surface area contributed by atoms with Crippen LogP contribution in [0.4, 0.5) is 20.4 Å². The summed E-state index contributed by atoms with van der Waals surface area (Å²) in [5.74, 6) is 0.423. The lowest BCUT2D eigenvalue weighted by Crippen LogP contribution is -2.48. The average molecular weight is 511 g/mol. The smallest absolute Gasteiger partial charge is 0.387 e. The molecule has 1 aliphatic rings. The van der Waals surface area contributed by atoms with Gasteiger partial charge in [0, 0.05) is 75.9 Å². The van der Waals surface area contributed by atoms with Gasteiger partial charge in [-0.15, -0.1) is 0 Å². The van der Waals surface area contributed by atoms with Gasteiger partial charge in [0.2, 0.25) is 11.9 Å². The van der Waals surface area contributed by atoms with Crippen molar-refractivity contribution in [2.45, 2.75) is 20.1 Å². The zero-order chi connectivity index (χ0) is 26.4. The number of hydrogen-bond donors (Lipinski definition) is 2. The van der Waals surface area contributed by atoms with Gasteiger partial charge in [0.05, 0.1) is 5.56 Å². The van der Waals surface area contributed by atoms with E-state index < -0.39 is 6.61 Å². The Balaban J connectivity index is 1.53. The van der Waals surface area contributed by atoms with E-state index in [9.17, 15) is 18.4 Å². The molecule has 0 saturated carbocycles. The van der Waals surface area contributed by atoms with Crippen LogP contribution in [0, 0.1) is 0 Å². The van der Waals surface area contributed by atoms with Gasteiger partial charge >= 0.3 is 6.61 Å². The van der Waals surface area contributed by atoms with E-state index in [1.165, 1.54) is 13.1 Å². The molecule has 4 rings (SSSR count). The van der Waals surface area contributed by atoms with Crippen molar-refractivity contribution in [3.8, 4) is 16.9 Å². The monoisotopic (exact) mass is 510 g/mol. The number of benzene rings is 2. The predicted octanol–water partition coefficient (Wildman–Crippen LogP) is 3.39. The van der Waals surface area contributed by atoms with E-state index >= 15 is 0 Å². The minimum atomic E-state index is -2.94. The summed E-state index contributed by atoms with van der Waals surface area (Å²) in [6.45, 7) is 1.36. The standard InChI is InChI=1S/C26H28F2N6O3/c1-17(35)33-9-11-34(12-10-33)26-31-15-20(16-32-26)18-7-8-21(24(36)29-2)22(13-18)30-14-19-5-3-4-6-23(19)37-25(27)28/h3-8,13,15-16,25,30H,9-12,14H2,1-2H3,(H,29,36). The highest BCUT2D eigenvalue weighted by Crippen LogP contribution is 2.28. The molecule has 11 heteroatoms. The number of aromatic nitrogens is 2. The molecular weight excluding hydrogens is 482 g/mol. The lowest BCUT2D eigenvalue weighted by molar-refractivity contribution is -0.129. The second kappa shape index (κ2) is 11.6. The zero-order valence-electron chi connectivity index (χ0n) is 20.6. The van der Waals surface area contributed by atoms with Crippen molar-refractivity contribution in [2.24, 2.45) is 0 Å². The molecule has 2 heterocycles. The van der Waals surface area contributed by atoms with Gasteiger partial charge in [0.1, 0.15) is 5.75 Å². The summed E-state index contributed by atoms with van der Waals surface area (Å²) in [5.41, 5.74) is 2.97. The Hall–Kier alpha value is -4.28. The van der Waals surface area contributed by atoms with E-state index in [-0.39, 0.29) is 24.1 Å². The SMILES string of the molecule is CNC(=O)c1ccc(-c2cnc(N3CCN(C(C)=O)CC3)nc2)cc1NCc1ccccc1OC(F)F. The maximum absolute atomic E-state index is 12.8. The number of halogens is 2. The quantitative estimate of drug-likeness (QED) is 0.479. The second-order valence-corrected chi connectivity index (χ2v) is 8.44. The number of carbonyl (C=O) groups is 2. The van der Waals surface area contributed by atoms with Crippen LogP contribution in [-0.2, 0) is 11.3 Å². The fourth-order valence-electron chi connectivity index (χ4n) is 4.11. The highest BCUT2D eigenvalue weighted by Gasteiger charge is 2.20. The molecule has 0 aliphatic carbocycles. The van der Waals surface area contributed by atoms with Crippen molar-refractivity contribution in [3.05, 3.63) is 66.0 Å². The summed E-state index contributed by atoms with van der Waals surface area (Å²) >= 11 is 0. The van der Waals surface area contributed by atoms with E-state index in [0.717, 1.165) is 11.1 Å². The molecule has 1 saturated heterocycles. The number of hydrogen-bond acceptors (Lipinski definition) is 7. The molecule has 0 radical (unpaired) electrons. The van der Waals surface area contributed by atoms with Crippen LogP contribution in [0.25, 0.3) is 11.1 Å². The van der Waals surface area contributed by atoms with Crippen LogP contribution in [-0.4, -0.2) is 66.5 Å². The fraction of sp³-hybridized carbons (Fsp3) is 0.308. The maximum Gasteiger partial charge on any atom is 0.387 e. The Bertz CT molecular complexity index is 1250. The first-order chi connectivity index (χ1) is 17.9. The number of anilines is 2. The molecule has 1 aliphatic heterocycles. The first-order valence-electron chi connectivity index (χ1n) is 11.8. The number of amides is 2. The molecule has 1 fully saturated rings. The summed E-state index contributed by atoms with van der Waals surface area (Å²) in [4.78, 5) is 36.9. The lowest BCUT2D eigenvalue weighted by Gasteiger charge is -2.34. The minimum absolute atomic E-state index is 0.0607. The molecule has 0 unspecified atom stereocenters. The van der Waals surface area contributed by atoms with Crippen LogP contribution in [0.15, 0.2) is 54.9 Å². The van der Waals surface area contributed by atoms with E-state index in [1.54, 1.807) is 60.6 Å². The minimum Gasteiger partial charge on any atom is -0.434 e. The number of carbonyl (C=O) groups excluding carboxylic acids is 2. The van der Waals surface area contributed by atoms with Gasteiger partial charge < -0.3 is 25.2 Å². The van der Waals surface area contributed by atoms with Crippen molar-refractivity contribution in [2.75, 3.05) is 43.4 Å². The van der Waals surface area contributed by atoms with Crippen LogP contribution in [0.5, 0.6) is 5.75 Å². The third-order valence-corrected chi connectivity index (χ3v) is 6.13. The van der Waals surface area contributed by atoms with Crippen molar-refractivity contribution >= 4 is 23.5 Å². The second-order valence-electron chi connectivity index (χ2n) is 8.44. The maximum atomic E-state index is 12.8. The topological polar surface area (TPSA) is 99.7 Å². The van der Waals surface area contributed by atoms with E-state index in [4.69, 9.17) is 0 Å². The van der Waals surface area contributed by atoms with Crippen LogP contribution in [0.3, 0.4) is 0 Å². The molecular formula is C26H28F2N6O3. The normalized spacial score (nSPS) is 13.4. The highest BCUT2D eigenvalue weighted by molar-refractivity contribution is 6.00. The molecule has 194 valence electrons. The Morgan fingerprint density at radius 3 is 2.38 bits per heavy atom. The Morgan fingerprint density at radius 2 is 1.73 bits per heavy atom. The van der Waals surface area contributed by atoms with Crippen LogP contribution >= 0.6 is 0 Å². The van der Waals surface area contributed by atoms with Gasteiger partial charge in [0.15, 0.2) is 0 Å². The van der Waals surface area contributed by atoms with E-state index in [1.807, 2.05) is 4.90 Å². The molecule has 0 bridgehead atoms. The largest absolute Gasteiger partial charge is 0.434 e. The average Bonchev–Trinajstić information content (AvgIpc) is 2.92. The molecule has 37 heavy (non-hydrogen) atoms. The molecule has 3 aromatic rings. The number of nitrogens with zero attached hydrogens (tertiary/aromatic N) is 4. The number of ether oxygens (including phenoxy) is 1. The summed E-state index contributed by atoms with van der Waals surface area (Å²) in [7, 11) is 1.54. The number of para-hydroxylation sites is 1. The summed E-state index contributed by atoms with van der Waals surface area (Å²) in [6, 6.07) is 11.8. The van der Waals surface area contributed by atoms with Crippen molar-refractivity contribution < 1.29 is 23.1 Å². The fourth-order valence-corrected chi connectivity index (χ4v) is 4.11. The van der Waals surface area contributed by atoms with Gasteiger partial charge in [-0.25, -0.2) is 9.97 Å². The van der Waals surface area contributed by atoms with Gasteiger partial charge in [-0.1, -0.05) is 24.3 Å². The number of nitrogens with one attached hydrogen (secondary N) is 2. The summed E-state index contributed by atoms with van der Waals surface area (Å²) in [5, 5.41) is 5.79. The van der Waals surface area contributed by atoms with Crippen LogP contribution in [0.2, 0.25) is 0 Å². The summed E-state index contributed by atoms with van der Waals surface area (Å²) in [6.07, 6.45) is 3.42. The molecule has 2 aromatic carbocycles. The van der Waals surface area contributed by atoms with E-state index in [0.29, 0.717) is 48.9 Å².